The van der Waals surface area contributed by atoms with Crippen molar-refractivity contribution in [3.8, 4) is 0 Å². The molecule has 0 bridgehead atoms. The van der Waals surface area contributed by atoms with Crippen LogP contribution >= 0.6 is 0 Å². The van der Waals surface area contributed by atoms with Gasteiger partial charge in [-0.1, -0.05) is 228 Å². The summed E-state index contributed by atoms with van der Waals surface area (Å²) in [6.45, 7) is 56.6. The first-order chi connectivity index (χ1) is 23.2. The van der Waals surface area contributed by atoms with Crippen LogP contribution in [0.4, 0.5) is 0 Å². The molecule has 0 fully saturated rings. The first kappa shape index (κ1) is 43.4. The zero-order valence-corrected chi connectivity index (χ0v) is 44.8. The van der Waals surface area contributed by atoms with Gasteiger partial charge in [-0.3, -0.25) is 0 Å². The summed E-state index contributed by atoms with van der Waals surface area (Å²) in [6, 6.07) is 24.4. The van der Waals surface area contributed by atoms with Crippen molar-refractivity contribution in [3.05, 3.63) is 77.4 Å². The van der Waals surface area contributed by atoms with Gasteiger partial charge in [-0.2, -0.15) is 0 Å². The summed E-state index contributed by atoms with van der Waals surface area (Å²) in [6.07, 6.45) is 2.78. The molecule has 7 heteroatoms. The van der Waals surface area contributed by atoms with Gasteiger partial charge in [0.05, 0.1) is 48.4 Å². The van der Waals surface area contributed by atoms with Crippen molar-refractivity contribution in [1.29, 1.82) is 0 Å². The molecule has 284 valence electrons. The number of hydrogen-bond acceptors (Lipinski definition) is 0. The summed E-state index contributed by atoms with van der Waals surface area (Å²) in [7, 11) is -13.2. The first-order valence-electron chi connectivity index (χ1n) is 20.0. The molecule has 0 nitrogen and oxygen atoms in total. The van der Waals surface area contributed by atoms with Crippen molar-refractivity contribution in [3.63, 3.8) is 0 Å². The monoisotopic (exact) mass is 812 g/mol. The largest absolute Gasteiger partial charge is 0.161 e. The summed E-state index contributed by atoms with van der Waals surface area (Å²) in [5.41, 5.74) is 4.58. The molecule has 0 N–H and O–H groups in total. The Morgan fingerprint density at radius 3 is 0.827 bits per heavy atom. The van der Waals surface area contributed by atoms with E-state index in [-0.39, 0.29) is 5.04 Å². The molecule has 4 rings (SSSR count). The minimum absolute atomic E-state index is 0.125. The molecule has 0 aromatic heterocycles. The van der Waals surface area contributed by atoms with E-state index in [9.17, 15) is 0 Å². The van der Waals surface area contributed by atoms with Gasteiger partial charge in [0.25, 0.3) is 0 Å². The van der Waals surface area contributed by atoms with E-state index in [1.807, 2.05) is 0 Å². The SMILES string of the molecule is CC1=CC(C)([Si](c2ccc([Si](C)(C)C)cc2[Si](C)(C)C)(c2ccc([Si](C)(C)C)cc2[Si](C)(C)C)c2ccc([Si](C)(C)C)cc2[Si](C)(C)C)C(C)=C1C. The number of allylic oxidation sites excluding steroid dienone is 4. The molecule has 1 atom stereocenters. The molecule has 0 saturated heterocycles. The molecule has 0 saturated carbocycles. The minimum Gasteiger partial charge on any atom is -0.0730 e. The van der Waals surface area contributed by atoms with Gasteiger partial charge in [-0.15, -0.1) is 0 Å². The lowest BCUT2D eigenvalue weighted by Crippen LogP contribution is -2.84. The zero-order chi connectivity index (χ0) is 40.0. The topological polar surface area (TPSA) is 0 Å². The van der Waals surface area contributed by atoms with Crippen LogP contribution in [0.2, 0.25) is 123 Å². The van der Waals surface area contributed by atoms with E-state index in [0.29, 0.717) is 0 Å². The van der Waals surface area contributed by atoms with Crippen molar-refractivity contribution in [2.45, 2.75) is 151 Å². The van der Waals surface area contributed by atoms with Gasteiger partial charge < -0.3 is 0 Å². The normalized spacial score (nSPS) is 18.3. The van der Waals surface area contributed by atoms with Crippen LogP contribution in [-0.2, 0) is 0 Å². The summed E-state index contributed by atoms with van der Waals surface area (Å²) in [5.74, 6) is 0. The van der Waals surface area contributed by atoms with Crippen LogP contribution in [0.3, 0.4) is 0 Å². The van der Waals surface area contributed by atoms with Crippen molar-refractivity contribution in [1.82, 2.24) is 0 Å². The van der Waals surface area contributed by atoms with Crippen LogP contribution in [0, 0.1) is 0 Å². The van der Waals surface area contributed by atoms with Crippen LogP contribution in [0.1, 0.15) is 27.7 Å². The molecule has 0 amide bonds. The van der Waals surface area contributed by atoms with Crippen molar-refractivity contribution < 1.29 is 0 Å². The Morgan fingerprint density at radius 1 is 0.365 bits per heavy atom. The zero-order valence-electron chi connectivity index (χ0n) is 37.8. The smallest absolute Gasteiger partial charge is 0.0730 e. The van der Waals surface area contributed by atoms with Crippen molar-refractivity contribution in [2.75, 3.05) is 0 Å². The lowest BCUT2D eigenvalue weighted by atomic mass is 10.0. The van der Waals surface area contributed by atoms with E-state index in [0.717, 1.165) is 0 Å². The second kappa shape index (κ2) is 13.7. The highest BCUT2D eigenvalue weighted by atomic mass is 28.3. The molecule has 3 aromatic rings. The third kappa shape index (κ3) is 7.72. The lowest BCUT2D eigenvalue weighted by Gasteiger charge is -2.52. The van der Waals surface area contributed by atoms with Crippen LogP contribution in [0.5, 0.6) is 0 Å². The molecule has 1 unspecified atom stereocenters. The highest BCUT2D eigenvalue weighted by Crippen LogP contribution is 2.52. The minimum atomic E-state index is -2.95. The van der Waals surface area contributed by atoms with Crippen molar-refractivity contribution >= 4 is 103 Å². The predicted molar refractivity (Wildman–Crippen MR) is 262 cm³/mol. The molecular weight excluding hydrogens is 737 g/mol. The highest BCUT2D eigenvalue weighted by molar-refractivity contribution is 7.21. The summed E-state index contributed by atoms with van der Waals surface area (Å²) in [4.78, 5) is 0. The van der Waals surface area contributed by atoms with Crippen molar-refractivity contribution in [2.24, 2.45) is 0 Å². The second-order valence-corrected chi connectivity index (χ2v) is 57.3. The average Bonchev–Trinajstić information content (AvgIpc) is 3.17. The average molecular weight is 814 g/mol. The van der Waals surface area contributed by atoms with E-state index < -0.39 is 56.5 Å². The molecule has 0 spiro atoms. The third-order valence-electron chi connectivity index (χ3n) is 12.5. The molecule has 0 radical (unpaired) electrons. The number of rotatable bonds is 10. The van der Waals surface area contributed by atoms with E-state index in [4.69, 9.17) is 0 Å². The quantitative estimate of drug-likeness (QED) is 0.143. The third-order valence-corrected chi connectivity index (χ3v) is 31.3. The Kier molecular flexibility index (Phi) is 11.4. The lowest BCUT2D eigenvalue weighted by molar-refractivity contribution is 0.871. The predicted octanol–water partition coefficient (Wildman–Crippen LogP) is 8.48. The van der Waals surface area contributed by atoms with Gasteiger partial charge in [0.15, 0.2) is 8.07 Å². The molecule has 52 heavy (non-hydrogen) atoms. The first-order valence-corrected chi connectivity index (χ1v) is 43.0. The van der Waals surface area contributed by atoms with Crippen LogP contribution in [0.25, 0.3) is 0 Å². The van der Waals surface area contributed by atoms with Crippen LogP contribution < -0.4 is 46.7 Å². The van der Waals surface area contributed by atoms with Crippen LogP contribution in [0.15, 0.2) is 77.4 Å². The van der Waals surface area contributed by atoms with Crippen LogP contribution in [-0.4, -0.2) is 56.5 Å². The number of benzene rings is 3. The van der Waals surface area contributed by atoms with E-state index >= 15 is 0 Å². The Labute approximate surface area is 329 Å². The summed E-state index contributed by atoms with van der Waals surface area (Å²) in [5, 5.41) is 15.0. The van der Waals surface area contributed by atoms with E-state index in [2.05, 4.69) is 206 Å². The maximum absolute atomic E-state index is 2.95. The Balaban J connectivity index is 2.55. The molecule has 0 heterocycles. The fourth-order valence-corrected chi connectivity index (χ4v) is 28.5. The fraction of sp³-hybridized carbons (Fsp3) is 0.511. The van der Waals surface area contributed by atoms with Gasteiger partial charge >= 0.3 is 0 Å². The molecule has 0 aliphatic heterocycles. The maximum Gasteiger partial charge on any atom is 0.161 e. The van der Waals surface area contributed by atoms with Gasteiger partial charge in [-0.25, -0.2) is 0 Å². The second-order valence-electron chi connectivity index (χ2n) is 22.8. The summed E-state index contributed by atoms with van der Waals surface area (Å²) >= 11 is 0. The van der Waals surface area contributed by atoms with Gasteiger partial charge in [0.1, 0.15) is 0 Å². The van der Waals surface area contributed by atoms with Gasteiger partial charge in [0, 0.05) is 5.04 Å². The number of hydrogen-bond donors (Lipinski definition) is 0. The Bertz CT molecular complexity index is 1740. The van der Waals surface area contributed by atoms with Gasteiger partial charge in [-0.05, 0) is 41.9 Å². The standard InChI is InChI=1S/C45H76Si7/c1-33-32-45(4,35(3)34(33)2)52(39-26-23-36(46(5,6)7)29-42(39)49(14,15)16,40-27-24-37(47(8,9)10)30-43(40)50(17,18)19)41-28-25-38(48(11,12)13)31-44(41)51(20,21)22/h23-32H,1-22H3. The molecule has 3 aromatic carbocycles. The Hall–Kier alpha value is -1.34. The molecule has 1 aliphatic rings. The molecule has 1 aliphatic carbocycles. The summed E-state index contributed by atoms with van der Waals surface area (Å²) < 4.78 is 0. The fourth-order valence-electron chi connectivity index (χ4n) is 8.87. The highest BCUT2D eigenvalue weighted by Gasteiger charge is 2.59. The van der Waals surface area contributed by atoms with E-state index in [1.165, 1.54) is 11.1 Å². The van der Waals surface area contributed by atoms with Gasteiger partial charge in [0.2, 0.25) is 0 Å². The maximum atomic E-state index is 2.78. The molecular formula is C45H76Si7. The van der Waals surface area contributed by atoms with E-state index in [1.54, 1.807) is 52.3 Å². The Morgan fingerprint density at radius 2 is 0.635 bits per heavy atom.